The second-order valence-electron chi connectivity index (χ2n) is 6.90. The molecule has 0 aromatic heterocycles. The lowest BCUT2D eigenvalue weighted by atomic mass is 10.2. The number of hydrogen-bond donors (Lipinski definition) is 2. The van der Waals surface area contributed by atoms with Gasteiger partial charge >= 0.3 is 0 Å². The van der Waals surface area contributed by atoms with E-state index in [1.54, 1.807) is 6.07 Å². The van der Waals surface area contributed by atoms with E-state index in [1.807, 2.05) is 37.4 Å². The van der Waals surface area contributed by atoms with E-state index in [0.29, 0.717) is 16.6 Å². The van der Waals surface area contributed by atoms with Crippen LogP contribution in [0, 0.1) is 0 Å². The number of amides is 1. The zero-order valence-electron chi connectivity index (χ0n) is 15.7. The zero-order valence-corrected chi connectivity index (χ0v) is 18.1. The lowest BCUT2D eigenvalue weighted by molar-refractivity contribution is 0.0952. The summed E-state index contributed by atoms with van der Waals surface area (Å²) in [5.41, 5.74) is 1.44. The molecular weight excluding hydrogens is 442 g/mol. The number of halogens is 1. The van der Waals surface area contributed by atoms with Crippen LogP contribution in [0.1, 0.15) is 29.6 Å². The first-order chi connectivity index (χ1) is 13.4. The van der Waals surface area contributed by atoms with E-state index in [0.717, 1.165) is 31.5 Å². The third-order valence-corrected chi connectivity index (χ3v) is 6.75. The molecule has 2 aromatic carbocycles. The zero-order chi connectivity index (χ0) is 20.1. The van der Waals surface area contributed by atoms with Crippen molar-refractivity contribution in [3.8, 4) is 0 Å². The fourth-order valence-corrected chi connectivity index (χ4v) is 4.52. The predicted octanol–water partition coefficient (Wildman–Crippen LogP) is 3.15. The number of carbonyl (C=O) groups is 1. The maximum atomic E-state index is 12.5. The molecule has 0 spiro atoms. The van der Waals surface area contributed by atoms with Crippen LogP contribution in [0.4, 0.5) is 5.69 Å². The minimum Gasteiger partial charge on any atom is -0.375 e. The molecular formula is C20H24BrN3O3S. The van der Waals surface area contributed by atoms with Crippen molar-refractivity contribution >= 4 is 37.5 Å². The number of sulfonamides is 1. The molecule has 6 nitrogen and oxygen atoms in total. The topological polar surface area (TPSA) is 78.5 Å². The van der Waals surface area contributed by atoms with E-state index in [9.17, 15) is 13.2 Å². The Morgan fingerprint density at radius 1 is 1.18 bits per heavy atom. The summed E-state index contributed by atoms with van der Waals surface area (Å²) in [6, 6.07) is 14.6. The molecule has 1 saturated carbocycles. The van der Waals surface area contributed by atoms with Gasteiger partial charge in [0, 0.05) is 36.3 Å². The van der Waals surface area contributed by atoms with Crippen molar-refractivity contribution in [3.05, 3.63) is 58.6 Å². The third-order valence-electron chi connectivity index (χ3n) is 4.54. The average molecular weight is 466 g/mol. The molecule has 0 unspecified atom stereocenters. The number of rotatable bonds is 9. The summed E-state index contributed by atoms with van der Waals surface area (Å²) in [6.45, 7) is 1.30. The maximum absolute atomic E-state index is 12.5. The highest BCUT2D eigenvalue weighted by atomic mass is 79.9. The molecule has 0 aliphatic heterocycles. The minimum atomic E-state index is -3.59. The fraction of sp³-hybridized carbons (Fsp3) is 0.350. The third kappa shape index (κ3) is 5.56. The first-order valence-electron chi connectivity index (χ1n) is 9.23. The minimum absolute atomic E-state index is 0.0209. The normalized spacial score (nSPS) is 13.9. The van der Waals surface area contributed by atoms with E-state index >= 15 is 0 Å². The van der Waals surface area contributed by atoms with Crippen molar-refractivity contribution in [2.24, 2.45) is 0 Å². The largest absolute Gasteiger partial charge is 0.375 e. The number of carbonyl (C=O) groups excluding carboxylic acids is 1. The molecule has 3 rings (SSSR count). The highest BCUT2D eigenvalue weighted by Crippen LogP contribution is 2.25. The molecule has 0 radical (unpaired) electrons. The Balaban J connectivity index is 1.55. The van der Waals surface area contributed by atoms with Gasteiger partial charge < -0.3 is 10.2 Å². The monoisotopic (exact) mass is 465 g/mol. The summed E-state index contributed by atoms with van der Waals surface area (Å²) in [5.74, 6) is -0.294. The molecule has 2 N–H and O–H groups in total. The van der Waals surface area contributed by atoms with E-state index in [2.05, 4.69) is 30.9 Å². The molecule has 0 atom stereocenters. The standard InChI is InChI=1S/C20H24BrN3O3S/c1-24(16-6-3-2-4-7-16)13-5-12-22-20(25)18-14-17(10-11-19(18)21)28(26,27)23-15-8-9-15/h2-4,6-7,10-11,14-15,23H,5,8-9,12-13H2,1H3,(H,22,25). The Labute approximate surface area is 174 Å². The molecule has 1 fully saturated rings. The van der Waals surface area contributed by atoms with Gasteiger partial charge in [0.05, 0.1) is 10.5 Å². The summed E-state index contributed by atoms with van der Waals surface area (Å²) < 4.78 is 27.9. The van der Waals surface area contributed by atoms with Crippen molar-refractivity contribution in [1.82, 2.24) is 10.0 Å². The molecule has 0 bridgehead atoms. The number of para-hydroxylation sites is 1. The first kappa shape index (κ1) is 20.8. The van der Waals surface area contributed by atoms with Gasteiger partial charge in [0.15, 0.2) is 0 Å². The molecule has 0 heterocycles. The van der Waals surface area contributed by atoms with Crippen molar-refractivity contribution < 1.29 is 13.2 Å². The van der Waals surface area contributed by atoms with Gasteiger partial charge in [0.2, 0.25) is 10.0 Å². The van der Waals surface area contributed by atoms with Crippen LogP contribution < -0.4 is 14.9 Å². The van der Waals surface area contributed by atoms with Gasteiger partial charge in [-0.05, 0) is 65.5 Å². The summed E-state index contributed by atoms with van der Waals surface area (Å²) in [6.07, 6.45) is 2.50. The van der Waals surface area contributed by atoms with Gasteiger partial charge in [-0.25, -0.2) is 13.1 Å². The molecule has 8 heteroatoms. The van der Waals surface area contributed by atoms with Crippen LogP contribution in [0.2, 0.25) is 0 Å². The second kappa shape index (κ2) is 9.07. The quantitative estimate of drug-likeness (QED) is 0.557. The molecule has 150 valence electrons. The lowest BCUT2D eigenvalue weighted by Crippen LogP contribution is -2.29. The van der Waals surface area contributed by atoms with Crippen LogP contribution in [-0.2, 0) is 10.0 Å². The highest BCUT2D eigenvalue weighted by Gasteiger charge is 2.28. The van der Waals surface area contributed by atoms with Crippen LogP contribution in [0.3, 0.4) is 0 Å². The van der Waals surface area contributed by atoms with Crippen LogP contribution in [0.5, 0.6) is 0 Å². The molecule has 0 saturated heterocycles. The van der Waals surface area contributed by atoms with E-state index in [-0.39, 0.29) is 16.8 Å². The van der Waals surface area contributed by atoms with Crippen LogP contribution in [-0.4, -0.2) is 40.5 Å². The van der Waals surface area contributed by atoms with Crippen molar-refractivity contribution in [3.63, 3.8) is 0 Å². The fourth-order valence-electron chi connectivity index (χ4n) is 2.76. The van der Waals surface area contributed by atoms with Crippen molar-refractivity contribution in [2.45, 2.75) is 30.2 Å². The van der Waals surface area contributed by atoms with Gasteiger partial charge in [0.25, 0.3) is 5.91 Å². The Bertz CT molecular complexity index is 931. The number of hydrogen-bond acceptors (Lipinski definition) is 4. The Kier molecular flexibility index (Phi) is 6.74. The van der Waals surface area contributed by atoms with Crippen LogP contribution >= 0.6 is 15.9 Å². The predicted molar refractivity (Wildman–Crippen MR) is 114 cm³/mol. The summed E-state index contributed by atoms with van der Waals surface area (Å²) >= 11 is 3.34. The number of anilines is 1. The van der Waals surface area contributed by atoms with Crippen molar-refractivity contribution in [1.29, 1.82) is 0 Å². The Hall–Kier alpha value is -1.90. The SMILES string of the molecule is CN(CCCNC(=O)c1cc(S(=O)(=O)NC2CC2)ccc1Br)c1ccccc1. The molecule has 1 aliphatic rings. The first-order valence-corrected chi connectivity index (χ1v) is 11.5. The highest BCUT2D eigenvalue weighted by molar-refractivity contribution is 9.10. The van der Waals surface area contributed by atoms with Gasteiger partial charge in [-0.1, -0.05) is 18.2 Å². The van der Waals surface area contributed by atoms with Gasteiger partial charge in [-0.2, -0.15) is 0 Å². The number of nitrogens with zero attached hydrogens (tertiary/aromatic N) is 1. The average Bonchev–Trinajstić information content (AvgIpc) is 3.49. The number of nitrogens with one attached hydrogen (secondary N) is 2. The van der Waals surface area contributed by atoms with Crippen LogP contribution in [0.25, 0.3) is 0 Å². The second-order valence-corrected chi connectivity index (χ2v) is 9.47. The lowest BCUT2D eigenvalue weighted by Gasteiger charge is -2.19. The van der Waals surface area contributed by atoms with Gasteiger partial charge in [0.1, 0.15) is 0 Å². The molecule has 2 aromatic rings. The van der Waals surface area contributed by atoms with Gasteiger partial charge in [-0.15, -0.1) is 0 Å². The number of benzene rings is 2. The summed E-state index contributed by atoms with van der Waals surface area (Å²) in [4.78, 5) is 14.8. The molecule has 1 amide bonds. The van der Waals surface area contributed by atoms with E-state index in [4.69, 9.17) is 0 Å². The van der Waals surface area contributed by atoms with E-state index < -0.39 is 10.0 Å². The van der Waals surface area contributed by atoms with Gasteiger partial charge in [-0.3, -0.25) is 4.79 Å². The van der Waals surface area contributed by atoms with Crippen molar-refractivity contribution in [2.75, 3.05) is 25.0 Å². The smallest absolute Gasteiger partial charge is 0.252 e. The Morgan fingerprint density at radius 3 is 2.57 bits per heavy atom. The summed E-state index contributed by atoms with van der Waals surface area (Å²) in [7, 11) is -1.59. The Morgan fingerprint density at radius 2 is 1.89 bits per heavy atom. The maximum Gasteiger partial charge on any atom is 0.252 e. The molecule has 1 aliphatic carbocycles. The van der Waals surface area contributed by atoms with E-state index in [1.165, 1.54) is 12.1 Å². The summed E-state index contributed by atoms with van der Waals surface area (Å²) in [5, 5.41) is 2.87. The van der Waals surface area contributed by atoms with Crippen LogP contribution in [0.15, 0.2) is 57.9 Å². The molecule has 28 heavy (non-hydrogen) atoms.